The fourth-order valence-corrected chi connectivity index (χ4v) is 13.8. The van der Waals surface area contributed by atoms with E-state index in [4.69, 9.17) is 24.9 Å². The Kier molecular flexibility index (Phi) is 16.7. The van der Waals surface area contributed by atoms with Gasteiger partial charge in [0.15, 0.2) is 23.3 Å². The van der Waals surface area contributed by atoms with Crippen LogP contribution in [0.1, 0.15) is 211 Å². The van der Waals surface area contributed by atoms with Gasteiger partial charge < -0.3 is 9.13 Å². The molecule has 0 aliphatic carbocycles. The molecular formula is C93H103N7. The molecule has 0 aliphatic heterocycles. The minimum absolute atomic E-state index is 0.133. The molecule has 0 saturated carbocycles. The molecule has 510 valence electrons. The van der Waals surface area contributed by atoms with E-state index in [0.29, 0.717) is 23.3 Å². The molecule has 4 heterocycles. The summed E-state index contributed by atoms with van der Waals surface area (Å²) in [5, 5.41) is 4.68. The molecule has 13 rings (SSSR count). The van der Waals surface area contributed by atoms with Crippen LogP contribution in [0.3, 0.4) is 0 Å². The van der Waals surface area contributed by atoms with E-state index in [-0.39, 0.29) is 43.3 Å². The van der Waals surface area contributed by atoms with E-state index >= 15 is 0 Å². The van der Waals surface area contributed by atoms with Gasteiger partial charge in [0.2, 0.25) is 0 Å². The highest BCUT2D eigenvalue weighted by Crippen LogP contribution is 2.46. The maximum Gasteiger partial charge on any atom is 0.166 e. The van der Waals surface area contributed by atoms with Gasteiger partial charge in [0.05, 0.1) is 39.1 Å². The molecule has 13 aromatic rings. The van der Waals surface area contributed by atoms with Crippen LogP contribution in [0.2, 0.25) is 0 Å². The van der Waals surface area contributed by atoms with Crippen LogP contribution in [0.5, 0.6) is 0 Å². The first-order chi connectivity index (χ1) is 46.6. The van der Waals surface area contributed by atoms with E-state index in [9.17, 15) is 0 Å². The van der Waals surface area contributed by atoms with Crippen molar-refractivity contribution in [3.05, 3.63) is 233 Å². The van der Waals surface area contributed by atoms with Crippen LogP contribution >= 0.6 is 0 Å². The summed E-state index contributed by atoms with van der Waals surface area (Å²) in [4.78, 5) is 29.0. The van der Waals surface area contributed by atoms with Crippen LogP contribution in [0.25, 0.3) is 123 Å². The normalized spacial score (nSPS) is 13.2. The van der Waals surface area contributed by atoms with Crippen LogP contribution in [0, 0.1) is 0 Å². The molecule has 0 radical (unpaired) electrons. The van der Waals surface area contributed by atoms with Gasteiger partial charge in [-0.2, -0.15) is 0 Å². The van der Waals surface area contributed by atoms with Gasteiger partial charge in [0, 0.05) is 60.6 Å². The molecular weight excluding hydrogens is 1220 g/mol. The molecule has 0 N–H and O–H groups in total. The van der Waals surface area contributed by atoms with Crippen molar-refractivity contribution in [3.8, 4) is 79.4 Å². The maximum absolute atomic E-state index is 5.87. The van der Waals surface area contributed by atoms with Crippen molar-refractivity contribution in [2.45, 2.75) is 209 Å². The molecule has 0 amide bonds. The van der Waals surface area contributed by atoms with Gasteiger partial charge in [-0.25, -0.2) is 24.9 Å². The summed E-state index contributed by atoms with van der Waals surface area (Å²) in [6, 6.07) is 70.4. The molecule has 0 saturated heterocycles. The number of benzene rings is 9. The molecule has 7 nitrogen and oxygen atoms in total. The Morgan fingerprint density at radius 3 is 1.00 bits per heavy atom. The number of hydrogen-bond acceptors (Lipinski definition) is 5. The van der Waals surface area contributed by atoms with Gasteiger partial charge in [-0.1, -0.05) is 251 Å². The summed E-state index contributed by atoms with van der Waals surface area (Å²) in [6.07, 6.45) is 0. The van der Waals surface area contributed by atoms with Crippen molar-refractivity contribution in [2.24, 2.45) is 0 Å². The Hall–Kier alpha value is -9.33. The predicted molar refractivity (Wildman–Crippen MR) is 426 cm³/mol. The number of aromatic nitrogens is 7. The molecule has 0 unspecified atom stereocenters. The fraction of sp³-hybridized carbons (Fsp3) is 0.344. The van der Waals surface area contributed by atoms with E-state index < -0.39 is 0 Å². The van der Waals surface area contributed by atoms with Crippen LogP contribution < -0.4 is 0 Å². The molecule has 0 bridgehead atoms. The van der Waals surface area contributed by atoms with Crippen molar-refractivity contribution in [3.63, 3.8) is 0 Å². The zero-order chi connectivity index (χ0) is 71.9. The Morgan fingerprint density at radius 1 is 0.240 bits per heavy atom. The monoisotopic (exact) mass is 1320 g/mol. The van der Waals surface area contributed by atoms with Crippen molar-refractivity contribution in [1.29, 1.82) is 0 Å². The third-order valence-corrected chi connectivity index (χ3v) is 20.4. The summed E-state index contributed by atoms with van der Waals surface area (Å²) in [5.41, 5.74) is 22.4. The first-order valence-corrected chi connectivity index (χ1v) is 36.0. The third-order valence-electron chi connectivity index (χ3n) is 20.4. The Balaban J connectivity index is 1.19. The quantitative estimate of drug-likeness (QED) is 0.152. The predicted octanol–water partition coefficient (Wildman–Crippen LogP) is 25.2. The van der Waals surface area contributed by atoms with Gasteiger partial charge in [-0.3, -0.25) is 0 Å². The van der Waals surface area contributed by atoms with Crippen LogP contribution in [-0.4, -0.2) is 34.1 Å². The minimum atomic E-state index is -0.175. The smallest absolute Gasteiger partial charge is 0.166 e. The molecule has 9 aromatic carbocycles. The second kappa shape index (κ2) is 24.2. The first kappa shape index (κ1) is 69.2. The van der Waals surface area contributed by atoms with E-state index in [2.05, 4.69) is 363 Å². The summed E-state index contributed by atoms with van der Waals surface area (Å²) in [7, 11) is 0. The van der Waals surface area contributed by atoms with Gasteiger partial charge in [-0.05, 0) is 191 Å². The zero-order valence-corrected chi connectivity index (χ0v) is 64.0. The Bertz CT molecular complexity index is 5040. The van der Waals surface area contributed by atoms with Crippen molar-refractivity contribution >= 4 is 43.6 Å². The molecule has 0 aliphatic rings. The van der Waals surface area contributed by atoms with E-state index in [1.807, 2.05) is 0 Å². The summed E-state index contributed by atoms with van der Waals surface area (Å²) < 4.78 is 4.91. The molecule has 100 heavy (non-hydrogen) atoms. The highest BCUT2D eigenvalue weighted by Gasteiger charge is 2.31. The van der Waals surface area contributed by atoms with Gasteiger partial charge >= 0.3 is 0 Å². The summed E-state index contributed by atoms with van der Waals surface area (Å²) >= 11 is 0. The standard InChI is InChI=1S/C93H103N7/c1-86(2,3)61-42-57(43-62(51-61)87(4,5)6)74-55-75(58-44-63(88(7,8)9)52-64(45-58)89(10,11)12)95-82(94-74)56-38-40-78(100-77-37-31-29-35-72(77)80-79(100)41-39-71-70-34-28-30-36-76(70)99(81(71)80)69-32-26-25-27-33-69)73(50-56)85-97-83(59-46-65(90(13,14)15)53-66(47-59)91(16,17)18)96-84(98-85)60-48-67(92(19,20)21)54-68(49-60)93(22,23)24/h25-55H,1-24H3. The number of para-hydroxylation sites is 3. The Labute approximate surface area is 595 Å². The van der Waals surface area contributed by atoms with Gasteiger partial charge in [0.1, 0.15) is 0 Å². The summed E-state index contributed by atoms with van der Waals surface area (Å²) in [5.74, 6) is 2.34. The van der Waals surface area contributed by atoms with Gasteiger partial charge in [0.25, 0.3) is 0 Å². The lowest BCUT2D eigenvalue weighted by Gasteiger charge is -2.27. The number of nitrogens with zero attached hydrogens (tertiary/aromatic N) is 7. The lowest BCUT2D eigenvalue weighted by atomic mass is 9.79. The average molecular weight is 1320 g/mol. The number of rotatable bonds is 8. The molecule has 0 atom stereocenters. The second-order valence-corrected chi connectivity index (χ2v) is 36.6. The Morgan fingerprint density at radius 2 is 0.590 bits per heavy atom. The maximum atomic E-state index is 5.87. The van der Waals surface area contributed by atoms with Crippen molar-refractivity contribution < 1.29 is 0 Å². The molecule has 0 spiro atoms. The highest BCUT2D eigenvalue weighted by atomic mass is 15.1. The molecule has 0 fully saturated rings. The van der Waals surface area contributed by atoms with Crippen LogP contribution in [0.4, 0.5) is 0 Å². The SMILES string of the molecule is CC(C)(C)c1cc(-c2cc(-c3cc(C(C)(C)C)cc(C(C)(C)C)c3)nc(-c3ccc(-n4c5ccccc5c5c4ccc4c6ccccc6n(-c6ccccc6)c45)c(-c4nc(-c5cc(C(C)(C)C)cc(C(C)(C)C)c5)nc(-c5cc(C(C)(C)C)cc(C(C)(C)C)c5)n4)c3)n2)cc(C(C)(C)C)c1. The minimum Gasteiger partial charge on any atom is -0.309 e. The molecule has 4 aromatic heterocycles. The van der Waals surface area contributed by atoms with Crippen LogP contribution in [-0.2, 0) is 43.3 Å². The zero-order valence-electron chi connectivity index (χ0n) is 64.0. The second-order valence-electron chi connectivity index (χ2n) is 36.6. The number of hydrogen-bond donors (Lipinski definition) is 0. The van der Waals surface area contributed by atoms with Crippen molar-refractivity contribution in [2.75, 3.05) is 0 Å². The largest absolute Gasteiger partial charge is 0.309 e. The number of fused-ring (bicyclic) bond motifs is 7. The van der Waals surface area contributed by atoms with Gasteiger partial charge in [-0.15, -0.1) is 0 Å². The highest BCUT2D eigenvalue weighted by molar-refractivity contribution is 6.26. The lowest BCUT2D eigenvalue weighted by molar-refractivity contribution is 0.568. The van der Waals surface area contributed by atoms with E-state index in [1.165, 1.54) is 55.3 Å². The summed E-state index contributed by atoms with van der Waals surface area (Å²) in [6.45, 7) is 55.2. The van der Waals surface area contributed by atoms with E-state index in [0.717, 1.165) is 89.0 Å². The first-order valence-electron chi connectivity index (χ1n) is 36.0. The molecule has 7 heteroatoms. The van der Waals surface area contributed by atoms with Crippen molar-refractivity contribution in [1.82, 2.24) is 34.1 Å². The topological polar surface area (TPSA) is 74.3 Å². The fourth-order valence-electron chi connectivity index (χ4n) is 13.8. The van der Waals surface area contributed by atoms with Crippen LogP contribution in [0.15, 0.2) is 188 Å². The van der Waals surface area contributed by atoms with E-state index in [1.54, 1.807) is 0 Å². The average Bonchev–Trinajstić information content (AvgIpc) is 1.54. The lowest BCUT2D eigenvalue weighted by Crippen LogP contribution is -2.17. The third kappa shape index (κ3) is 13.3.